The molecule has 2 unspecified atom stereocenters. The molecule has 124 valence electrons. The van der Waals surface area contributed by atoms with Gasteiger partial charge in [-0.05, 0) is 18.2 Å². The zero-order chi connectivity index (χ0) is 16.4. The summed E-state index contributed by atoms with van der Waals surface area (Å²) < 4.78 is 15.7. The molecule has 2 fully saturated rings. The van der Waals surface area contributed by atoms with Crippen LogP contribution in [0.2, 0.25) is 0 Å². The third-order valence-corrected chi connectivity index (χ3v) is 4.27. The number of likely N-dealkylation sites (tertiary alicyclic amines) is 1. The van der Waals surface area contributed by atoms with Crippen molar-refractivity contribution in [3.05, 3.63) is 29.8 Å². The number of methoxy groups -OCH3 is 2. The zero-order valence-corrected chi connectivity index (χ0v) is 13.2. The molecule has 2 heterocycles. The Morgan fingerprint density at radius 3 is 2.48 bits per heavy atom. The highest BCUT2D eigenvalue weighted by Crippen LogP contribution is 2.23. The summed E-state index contributed by atoms with van der Waals surface area (Å²) in [6.07, 6.45) is -0.629. The van der Waals surface area contributed by atoms with Crippen LogP contribution in [-0.4, -0.2) is 69.6 Å². The minimum absolute atomic E-state index is 0.0963. The normalized spacial score (nSPS) is 24.2. The van der Waals surface area contributed by atoms with Gasteiger partial charge in [-0.3, -0.25) is 9.69 Å². The number of carbonyl (C=O) groups is 2. The summed E-state index contributed by atoms with van der Waals surface area (Å²) in [4.78, 5) is 27.6. The first-order valence-corrected chi connectivity index (χ1v) is 7.53. The van der Waals surface area contributed by atoms with Gasteiger partial charge >= 0.3 is 6.09 Å². The third kappa shape index (κ3) is 3.02. The Morgan fingerprint density at radius 2 is 1.91 bits per heavy atom. The van der Waals surface area contributed by atoms with Gasteiger partial charge < -0.3 is 19.1 Å². The van der Waals surface area contributed by atoms with Crippen LogP contribution >= 0.6 is 0 Å². The standard InChI is InChI=1S/C16H20N2O5/c1-21-13-9-17(10-14(13)22-2)15(19)11-4-3-5-12(8-11)18-6-7-23-16(18)20/h3-5,8,13-14H,6-7,9-10H2,1-2H3. The Labute approximate surface area is 134 Å². The Kier molecular flexibility index (Phi) is 4.49. The van der Waals surface area contributed by atoms with Gasteiger partial charge in [0, 0.05) is 38.6 Å². The Morgan fingerprint density at radius 1 is 1.22 bits per heavy atom. The van der Waals surface area contributed by atoms with E-state index in [0.29, 0.717) is 37.5 Å². The summed E-state index contributed by atoms with van der Waals surface area (Å²) in [6, 6.07) is 7.03. The molecule has 2 atom stereocenters. The number of nitrogens with zero attached hydrogens (tertiary/aromatic N) is 2. The second-order valence-corrected chi connectivity index (χ2v) is 5.57. The van der Waals surface area contributed by atoms with Crippen molar-refractivity contribution in [1.29, 1.82) is 0 Å². The molecule has 7 nitrogen and oxygen atoms in total. The Bertz CT molecular complexity index is 594. The van der Waals surface area contributed by atoms with Gasteiger partial charge in [0.2, 0.25) is 0 Å². The van der Waals surface area contributed by atoms with Gasteiger partial charge in [0.05, 0.1) is 6.54 Å². The van der Waals surface area contributed by atoms with Gasteiger partial charge in [0.1, 0.15) is 18.8 Å². The van der Waals surface area contributed by atoms with Crippen molar-refractivity contribution in [1.82, 2.24) is 4.90 Å². The van der Waals surface area contributed by atoms with Crippen LogP contribution < -0.4 is 4.90 Å². The molecule has 0 N–H and O–H groups in total. The van der Waals surface area contributed by atoms with E-state index in [4.69, 9.17) is 14.2 Å². The van der Waals surface area contributed by atoms with E-state index in [0.717, 1.165) is 0 Å². The largest absolute Gasteiger partial charge is 0.447 e. The molecule has 1 aromatic carbocycles. The number of rotatable bonds is 4. The average molecular weight is 320 g/mol. The van der Waals surface area contributed by atoms with E-state index >= 15 is 0 Å². The van der Waals surface area contributed by atoms with Gasteiger partial charge in [0.25, 0.3) is 5.91 Å². The molecule has 0 aliphatic carbocycles. The highest BCUT2D eigenvalue weighted by atomic mass is 16.6. The summed E-state index contributed by atoms with van der Waals surface area (Å²) in [7, 11) is 3.23. The van der Waals surface area contributed by atoms with Crippen LogP contribution in [0.1, 0.15) is 10.4 Å². The minimum atomic E-state index is -0.380. The number of hydrogen-bond donors (Lipinski definition) is 0. The predicted octanol–water partition coefficient (Wildman–Crippen LogP) is 1.13. The van der Waals surface area contributed by atoms with Crippen molar-refractivity contribution >= 4 is 17.7 Å². The van der Waals surface area contributed by atoms with Crippen LogP contribution in [0, 0.1) is 0 Å². The van der Waals surface area contributed by atoms with E-state index in [-0.39, 0.29) is 24.2 Å². The maximum atomic E-state index is 12.7. The fourth-order valence-corrected chi connectivity index (χ4v) is 2.98. The van der Waals surface area contributed by atoms with Crippen molar-refractivity contribution in [2.75, 3.05) is 45.4 Å². The lowest BCUT2D eigenvalue weighted by Gasteiger charge is -2.18. The highest BCUT2D eigenvalue weighted by molar-refractivity contribution is 5.97. The van der Waals surface area contributed by atoms with Crippen molar-refractivity contribution < 1.29 is 23.8 Å². The van der Waals surface area contributed by atoms with E-state index < -0.39 is 0 Å². The number of amides is 2. The first kappa shape index (κ1) is 15.8. The number of hydrogen-bond acceptors (Lipinski definition) is 5. The van der Waals surface area contributed by atoms with E-state index in [1.165, 1.54) is 4.90 Å². The molecule has 0 bridgehead atoms. The van der Waals surface area contributed by atoms with Crippen LogP contribution in [0.5, 0.6) is 0 Å². The number of ether oxygens (including phenoxy) is 3. The van der Waals surface area contributed by atoms with Gasteiger partial charge in [-0.2, -0.15) is 0 Å². The molecule has 0 spiro atoms. The molecule has 0 radical (unpaired) electrons. The fraction of sp³-hybridized carbons (Fsp3) is 0.500. The van der Waals surface area contributed by atoms with Gasteiger partial charge in [0.15, 0.2) is 0 Å². The van der Waals surface area contributed by atoms with Gasteiger partial charge in [-0.25, -0.2) is 4.79 Å². The minimum Gasteiger partial charge on any atom is -0.447 e. The van der Waals surface area contributed by atoms with Crippen molar-refractivity contribution in [3.8, 4) is 0 Å². The lowest BCUT2D eigenvalue weighted by molar-refractivity contribution is -0.00461. The molecule has 2 aliphatic heterocycles. The lowest BCUT2D eigenvalue weighted by atomic mass is 10.1. The first-order valence-electron chi connectivity index (χ1n) is 7.53. The fourth-order valence-electron chi connectivity index (χ4n) is 2.98. The van der Waals surface area contributed by atoms with Crippen molar-refractivity contribution in [3.63, 3.8) is 0 Å². The molecule has 0 aromatic heterocycles. The van der Waals surface area contributed by atoms with Gasteiger partial charge in [-0.1, -0.05) is 6.07 Å². The molecular weight excluding hydrogens is 300 g/mol. The number of cyclic esters (lactones) is 1. The van der Waals surface area contributed by atoms with E-state index in [1.54, 1.807) is 43.4 Å². The summed E-state index contributed by atoms with van der Waals surface area (Å²) >= 11 is 0. The molecule has 2 saturated heterocycles. The summed E-state index contributed by atoms with van der Waals surface area (Å²) in [5.41, 5.74) is 1.21. The van der Waals surface area contributed by atoms with Crippen LogP contribution in [0.25, 0.3) is 0 Å². The summed E-state index contributed by atoms with van der Waals surface area (Å²) in [5.74, 6) is -0.0963. The number of benzene rings is 1. The molecule has 7 heteroatoms. The molecule has 23 heavy (non-hydrogen) atoms. The third-order valence-electron chi connectivity index (χ3n) is 4.27. The summed E-state index contributed by atoms with van der Waals surface area (Å²) in [5, 5.41) is 0. The van der Waals surface area contributed by atoms with E-state index in [2.05, 4.69) is 0 Å². The number of carbonyl (C=O) groups excluding carboxylic acids is 2. The summed E-state index contributed by atoms with van der Waals surface area (Å²) in [6.45, 7) is 1.85. The molecule has 2 amide bonds. The predicted molar refractivity (Wildman–Crippen MR) is 82.6 cm³/mol. The quantitative estimate of drug-likeness (QED) is 0.832. The van der Waals surface area contributed by atoms with Crippen LogP contribution in [0.15, 0.2) is 24.3 Å². The smallest absolute Gasteiger partial charge is 0.414 e. The topological polar surface area (TPSA) is 68.3 Å². The van der Waals surface area contributed by atoms with Crippen LogP contribution in [-0.2, 0) is 14.2 Å². The number of anilines is 1. The monoisotopic (exact) mass is 320 g/mol. The Hall–Kier alpha value is -2.12. The highest BCUT2D eigenvalue weighted by Gasteiger charge is 2.36. The lowest BCUT2D eigenvalue weighted by Crippen LogP contribution is -2.30. The zero-order valence-electron chi connectivity index (χ0n) is 13.2. The van der Waals surface area contributed by atoms with Crippen molar-refractivity contribution in [2.45, 2.75) is 12.2 Å². The van der Waals surface area contributed by atoms with E-state index in [1.807, 2.05) is 0 Å². The van der Waals surface area contributed by atoms with E-state index in [9.17, 15) is 9.59 Å². The Balaban J connectivity index is 1.77. The first-order chi connectivity index (χ1) is 11.1. The maximum Gasteiger partial charge on any atom is 0.414 e. The SMILES string of the molecule is COC1CN(C(=O)c2cccc(N3CCOC3=O)c2)CC1OC. The molecule has 1 aromatic rings. The second kappa shape index (κ2) is 6.55. The van der Waals surface area contributed by atoms with Crippen LogP contribution in [0.3, 0.4) is 0 Å². The van der Waals surface area contributed by atoms with Crippen molar-refractivity contribution in [2.24, 2.45) is 0 Å². The average Bonchev–Trinajstić information content (AvgIpc) is 3.19. The second-order valence-electron chi connectivity index (χ2n) is 5.57. The molecule has 0 saturated carbocycles. The molecule has 3 rings (SSSR count). The van der Waals surface area contributed by atoms with Gasteiger partial charge in [-0.15, -0.1) is 0 Å². The maximum absolute atomic E-state index is 12.7. The molecular formula is C16H20N2O5. The molecule has 2 aliphatic rings. The van der Waals surface area contributed by atoms with Crippen LogP contribution in [0.4, 0.5) is 10.5 Å².